The summed E-state index contributed by atoms with van der Waals surface area (Å²) in [6.45, 7) is 0.697. The highest BCUT2D eigenvalue weighted by Gasteiger charge is 2.08. The van der Waals surface area contributed by atoms with Gasteiger partial charge in [0.2, 0.25) is 0 Å². The lowest BCUT2D eigenvalue weighted by molar-refractivity contribution is 0.282. The monoisotopic (exact) mass is 252 g/mol. The standard InChI is InChI=1S/C16H16N2O/c17-11-4-12-18(15-5-2-1-3-6-15)16-9-7-14(13-19)8-10-16/h1-3,5-10,19H,4,12-13H2. The Bertz CT molecular complexity index is 543. The topological polar surface area (TPSA) is 47.3 Å². The van der Waals surface area contributed by atoms with Gasteiger partial charge in [-0.25, -0.2) is 0 Å². The van der Waals surface area contributed by atoms with Crippen LogP contribution >= 0.6 is 0 Å². The normalized spacial score (nSPS) is 9.89. The third kappa shape index (κ3) is 3.34. The van der Waals surface area contributed by atoms with E-state index in [9.17, 15) is 0 Å². The van der Waals surface area contributed by atoms with Crippen molar-refractivity contribution in [2.75, 3.05) is 11.4 Å². The van der Waals surface area contributed by atoms with Crippen LogP contribution in [-0.2, 0) is 6.61 Å². The number of hydrogen-bond acceptors (Lipinski definition) is 3. The Hall–Kier alpha value is -2.31. The largest absolute Gasteiger partial charge is 0.392 e. The molecule has 0 fully saturated rings. The Labute approximate surface area is 113 Å². The second-order valence-electron chi connectivity index (χ2n) is 4.22. The van der Waals surface area contributed by atoms with Crippen LogP contribution in [0.3, 0.4) is 0 Å². The number of nitriles is 1. The number of nitrogens with zero attached hydrogens (tertiary/aromatic N) is 2. The van der Waals surface area contributed by atoms with Gasteiger partial charge < -0.3 is 10.0 Å². The minimum absolute atomic E-state index is 0.0454. The van der Waals surface area contributed by atoms with Gasteiger partial charge in [0.05, 0.1) is 19.1 Å². The maximum absolute atomic E-state index is 9.07. The molecule has 0 bridgehead atoms. The molecule has 0 heterocycles. The van der Waals surface area contributed by atoms with E-state index in [1.54, 1.807) is 0 Å². The smallest absolute Gasteiger partial charge is 0.0681 e. The first-order valence-corrected chi connectivity index (χ1v) is 6.24. The summed E-state index contributed by atoms with van der Waals surface area (Å²) in [6.07, 6.45) is 0.469. The van der Waals surface area contributed by atoms with Crippen molar-refractivity contribution in [3.8, 4) is 6.07 Å². The molecule has 0 atom stereocenters. The van der Waals surface area contributed by atoms with Crippen LogP contribution < -0.4 is 4.90 Å². The van der Waals surface area contributed by atoms with Gasteiger partial charge in [-0.3, -0.25) is 0 Å². The Balaban J connectivity index is 2.29. The van der Waals surface area contributed by atoms with E-state index >= 15 is 0 Å². The maximum atomic E-state index is 9.07. The summed E-state index contributed by atoms with van der Waals surface area (Å²) in [5, 5.41) is 17.9. The van der Waals surface area contributed by atoms with Gasteiger partial charge in [-0.05, 0) is 29.8 Å². The Morgan fingerprint density at radius 1 is 0.947 bits per heavy atom. The second kappa shape index (κ2) is 6.58. The lowest BCUT2D eigenvalue weighted by atomic mass is 10.2. The molecular weight excluding hydrogens is 236 g/mol. The van der Waals surface area contributed by atoms with Crippen LogP contribution in [0.4, 0.5) is 11.4 Å². The zero-order valence-corrected chi connectivity index (χ0v) is 10.7. The van der Waals surface area contributed by atoms with Gasteiger partial charge in [0, 0.05) is 17.9 Å². The van der Waals surface area contributed by atoms with Crippen molar-refractivity contribution in [1.29, 1.82) is 5.26 Å². The van der Waals surface area contributed by atoms with Crippen molar-refractivity contribution in [3.05, 3.63) is 60.2 Å². The maximum Gasteiger partial charge on any atom is 0.0681 e. The van der Waals surface area contributed by atoms with E-state index in [1.165, 1.54) is 0 Å². The summed E-state index contributed by atoms with van der Waals surface area (Å²) in [4.78, 5) is 2.10. The van der Waals surface area contributed by atoms with Crippen molar-refractivity contribution >= 4 is 11.4 Å². The predicted octanol–water partition coefficient (Wildman–Crippen LogP) is 3.23. The van der Waals surface area contributed by atoms with Crippen LogP contribution in [0.2, 0.25) is 0 Å². The van der Waals surface area contributed by atoms with Gasteiger partial charge in [0.25, 0.3) is 0 Å². The molecule has 0 aliphatic carbocycles. The molecule has 2 rings (SSSR count). The van der Waals surface area contributed by atoms with Crippen molar-refractivity contribution < 1.29 is 5.11 Å². The number of anilines is 2. The highest BCUT2D eigenvalue weighted by atomic mass is 16.3. The molecule has 3 nitrogen and oxygen atoms in total. The van der Waals surface area contributed by atoms with E-state index in [-0.39, 0.29) is 6.61 Å². The molecular formula is C16H16N2O. The molecule has 0 radical (unpaired) electrons. The third-order valence-corrected chi connectivity index (χ3v) is 2.95. The minimum Gasteiger partial charge on any atom is -0.392 e. The SMILES string of the molecule is N#CCCN(c1ccccc1)c1ccc(CO)cc1. The van der Waals surface area contributed by atoms with E-state index in [4.69, 9.17) is 10.4 Å². The first-order valence-electron chi connectivity index (χ1n) is 6.24. The van der Waals surface area contributed by atoms with Crippen molar-refractivity contribution in [2.24, 2.45) is 0 Å². The molecule has 0 saturated carbocycles. The first kappa shape index (κ1) is 13.1. The second-order valence-corrected chi connectivity index (χ2v) is 4.22. The minimum atomic E-state index is 0.0454. The number of hydrogen-bond donors (Lipinski definition) is 1. The number of aliphatic hydroxyl groups is 1. The lowest BCUT2D eigenvalue weighted by Crippen LogP contribution is -2.17. The fraction of sp³-hybridized carbons (Fsp3) is 0.188. The molecule has 1 N–H and O–H groups in total. The molecule has 0 aromatic heterocycles. The van der Waals surface area contributed by atoms with E-state index in [0.717, 1.165) is 16.9 Å². The zero-order valence-electron chi connectivity index (χ0n) is 10.7. The summed E-state index contributed by atoms with van der Waals surface area (Å²) in [6, 6.07) is 19.9. The summed E-state index contributed by atoms with van der Waals surface area (Å²) in [5.74, 6) is 0. The molecule has 2 aromatic rings. The molecule has 0 aliphatic rings. The zero-order chi connectivity index (χ0) is 13.5. The van der Waals surface area contributed by atoms with Crippen LogP contribution in [0, 0.1) is 11.3 Å². The third-order valence-electron chi connectivity index (χ3n) is 2.95. The molecule has 0 spiro atoms. The summed E-state index contributed by atoms with van der Waals surface area (Å²) in [5.41, 5.74) is 2.98. The highest BCUT2D eigenvalue weighted by Crippen LogP contribution is 2.25. The van der Waals surface area contributed by atoms with Gasteiger partial charge in [-0.2, -0.15) is 5.26 Å². The molecule has 0 aliphatic heterocycles. The number of rotatable bonds is 5. The Morgan fingerprint density at radius 2 is 1.58 bits per heavy atom. The number of benzene rings is 2. The van der Waals surface area contributed by atoms with Gasteiger partial charge >= 0.3 is 0 Å². The first-order chi connectivity index (χ1) is 9.35. The Morgan fingerprint density at radius 3 is 2.16 bits per heavy atom. The van der Waals surface area contributed by atoms with Crippen LogP contribution in [0.15, 0.2) is 54.6 Å². The van der Waals surface area contributed by atoms with E-state index in [1.807, 2.05) is 54.6 Å². The van der Waals surface area contributed by atoms with E-state index in [0.29, 0.717) is 13.0 Å². The molecule has 0 amide bonds. The molecule has 96 valence electrons. The molecule has 3 heteroatoms. The highest BCUT2D eigenvalue weighted by molar-refractivity contribution is 5.63. The van der Waals surface area contributed by atoms with E-state index in [2.05, 4.69) is 11.0 Å². The summed E-state index contributed by atoms with van der Waals surface area (Å²) >= 11 is 0. The Kier molecular flexibility index (Phi) is 4.54. The van der Waals surface area contributed by atoms with Crippen LogP contribution in [-0.4, -0.2) is 11.7 Å². The van der Waals surface area contributed by atoms with Crippen molar-refractivity contribution in [3.63, 3.8) is 0 Å². The molecule has 0 unspecified atom stereocenters. The summed E-state index contributed by atoms with van der Waals surface area (Å²) < 4.78 is 0. The fourth-order valence-corrected chi connectivity index (χ4v) is 1.96. The van der Waals surface area contributed by atoms with Gasteiger partial charge in [0.1, 0.15) is 0 Å². The van der Waals surface area contributed by atoms with Crippen molar-refractivity contribution in [1.82, 2.24) is 0 Å². The van der Waals surface area contributed by atoms with E-state index < -0.39 is 0 Å². The van der Waals surface area contributed by atoms with Crippen molar-refractivity contribution in [2.45, 2.75) is 13.0 Å². The quantitative estimate of drug-likeness (QED) is 0.888. The fourth-order valence-electron chi connectivity index (χ4n) is 1.96. The average molecular weight is 252 g/mol. The van der Waals surface area contributed by atoms with Gasteiger partial charge in [-0.15, -0.1) is 0 Å². The van der Waals surface area contributed by atoms with Gasteiger partial charge in [0.15, 0.2) is 0 Å². The summed E-state index contributed by atoms with van der Waals surface area (Å²) in [7, 11) is 0. The number of aliphatic hydroxyl groups excluding tert-OH is 1. The molecule has 19 heavy (non-hydrogen) atoms. The predicted molar refractivity (Wildman–Crippen MR) is 76.0 cm³/mol. The van der Waals surface area contributed by atoms with Crippen LogP contribution in [0.1, 0.15) is 12.0 Å². The number of para-hydroxylation sites is 1. The van der Waals surface area contributed by atoms with Gasteiger partial charge in [-0.1, -0.05) is 30.3 Å². The molecule has 0 saturated heterocycles. The van der Waals surface area contributed by atoms with Crippen LogP contribution in [0.5, 0.6) is 0 Å². The average Bonchev–Trinajstić information content (AvgIpc) is 2.49. The molecule has 2 aromatic carbocycles. The van der Waals surface area contributed by atoms with Crippen LogP contribution in [0.25, 0.3) is 0 Å². The lowest BCUT2D eigenvalue weighted by Gasteiger charge is -2.24.